The van der Waals surface area contributed by atoms with Crippen LogP contribution in [-0.4, -0.2) is 22.1 Å². The molecule has 0 saturated carbocycles. The van der Waals surface area contributed by atoms with Crippen molar-refractivity contribution >= 4 is 34.3 Å². The Bertz CT molecular complexity index is 1250. The molecule has 2 heterocycles. The summed E-state index contributed by atoms with van der Waals surface area (Å²) in [6, 6.07) is 16.2. The zero-order chi connectivity index (χ0) is 22.7. The van der Waals surface area contributed by atoms with Crippen molar-refractivity contribution in [1.82, 2.24) is 15.5 Å². The van der Waals surface area contributed by atoms with E-state index in [0.717, 1.165) is 16.5 Å². The normalized spacial score (nSPS) is 11.3. The first-order valence-corrected chi connectivity index (χ1v) is 10.3. The van der Waals surface area contributed by atoms with Gasteiger partial charge in [0.1, 0.15) is 5.76 Å². The van der Waals surface area contributed by atoms with Gasteiger partial charge >= 0.3 is 6.03 Å². The molecule has 0 atom stereocenters. The number of nitrogens with zero attached hydrogens (tertiary/aromatic N) is 1. The van der Waals surface area contributed by atoms with Gasteiger partial charge in [0.2, 0.25) is 0 Å². The van der Waals surface area contributed by atoms with Gasteiger partial charge in [-0.25, -0.2) is 4.79 Å². The molecule has 32 heavy (non-hydrogen) atoms. The van der Waals surface area contributed by atoms with Gasteiger partial charge in [-0.15, -0.1) is 0 Å². The molecule has 0 saturated heterocycles. The molecule has 164 valence electrons. The van der Waals surface area contributed by atoms with Gasteiger partial charge < -0.3 is 20.1 Å². The first kappa shape index (κ1) is 21.2. The molecule has 0 aliphatic rings. The van der Waals surface area contributed by atoms with Crippen molar-refractivity contribution in [2.75, 3.05) is 10.6 Å². The van der Waals surface area contributed by atoms with Crippen molar-refractivity contribution in [2.45, 2.75) is 32.7 Å². The van der Waals surface area contributed by atoms with Gasteiger partial charge in [0, 0.05) is 40.8 Å². The van der Waals surface area contributed by atoms with E-state index in [1.165, 1.54) is 0 Å². The summed E-state index contributed by atoms with van der Waals surface area (Å²) in [7, 11) is 0. The number of carbonyl (C=O) groups excluding carboxylic acids is 2. The Morgan fingerprint density at radius 1 is 1.03 bits per heavy atom. The molecule has 0 fully saturated rings. The molecule has 4 aromatic rings. The molecular weight excluding hydrogens is 406 g/mol. The lowest BCUT2D eigenvalue weighted by molar-refractivity contribution is 0.0952. The third-order valence-electron chi connectivity index (χ3n) is 4.99. The summed E-state index contributed by atoms with van der Waals surface area (Å²) in [6.07, 6.45) is 1.71. The zero-order valence-electron chi connectivity index (χ0n) is 18.2. The molecule has 0 radical (unpaired) electrons. The Kier molecular flexibility index (Phi) is 5.68. The van der Waals surface area contributed by atoms with Crippen molar-refractivity contribution in [3.63, 3.8) is 0 Å². The Morgan fingerprint density at radius 3 is 2.50 bits per heavy atom. The monoisotopic (exact) mass is 431 g/mol. The number of benzene rings is 2. The molecule has 0 bridgehead atoms. The van der Waals surface area contributed by atoms with Crippen molar-refractivity contribution < 1.29 is 14.1 Å². The number of carbonyl (C=O) groups is 2. The van der Waals surface area contributed by atoms with Gasteiger partial charge in [0.05, 0.1) is 5.56 Å². The van der Waals surface area contributed by atoms with E-state index < -0.39 is 6.03 Å². The fraction of sp³-hybridized carbons (Fsp3) is 0.208. The zero-order valence-corrected chi connectivity index (χ0v) is 18.2. The van der Waals surface area contributed by atoms with Crippen LogP contribution in [0.25, 0.3) is 10.9 Å². The fourth-order valence-electron chi connectivity index (χ4n) is 3.21. The van der Waals surface area contributed by atoms with Gasteiger partial charge in [-0.1, -0.05) is 56.3 Å². The minimum Gasteiger partial charge on any atom is -0.360 e. The molecule has 0 unspecified atom stereocenters. The number of hydrogen-bond donors (Lipinski definition) is 4. The molecule has 0 aliphatic carbocycles. The smallest absolute Gasteiger partial charge is 0.324 e. The lowest BCUT2D eigenvalue weighted by Gasteiger charge is -2.12. The highest BCUT2D eigenvalue weighted by atomic mass is 16.5. The molecule has 8 heteroatoms. The first-order valence-electron chi connectivity index (χ1n) is 10.3. The van der Waals surface area contributed by atoms with Crippen molar-refractivity contribution in [3.05, 3.63) is 77.7 Å². The van der Waals surface area contributed by atoms with Crippen molar-refractivity contribution in [1.29, 1.82) is 0 Å². The largest absolute Gasteiger partial charge is 0.360 e. The van der Waals surface area contributed by atoms with E-state index in [1.54, 1.807) is 24.4 Å². The Balaban J connectivity index is 1.30. The summed E-state index contributed by atoms with van der Waals surface area (Å²) in [6.45, 7) is 6.38. The maximum absolute atomic E-state index is 12.5. The van der Waals surface area contributed by atoms with Crippen LogP contribution in [0, 0.1) is 0 Å². The van der Waals surface area contributed by atoms with Crippen LogP contribution in [-0.2, 0) is 12.0 Å². The summed E-state index contributed by atoms with van der Waals surface area (Å²) < 4.78 is 5.26. The average Bonchev–Trinajstić information content (AvgIpc) is 3.40. The molecule has 8 nitrogen and oxygen atoms in total. The van der Waals surface area contributed by atoms with Crippen LogP contribution in [0.3, 0.4) is 0 Å². The standard InChI is InChI=1S/C24H25N5O3/c1-24(2,3)20-12-21(29-32-20)28-23(31)27-16-10-8-15(9-11-16)13-26-22(30)18-14-25-19-7-5-4-6-17(18)19/h4-12,14,25H,13H2,1-3H3,(H,26,30)(H2,27,28,29,31). The summed E-state index contributed by atoms with van der Waals surface area (Å²) >= 11 is 0. The van der Waals surface area contributed by atoms with E-state index >= 15 is 0 Å². The molecule has 4 N–H and O–H groups in total. The lowest BCUT2D eigenvalue weighted by atomic mass is 9.93. The van der Waals surface area contributed by atoms with Crippen molar-refractivity contribution in [2.24, 2.45) is 0 Å². The number of rotatable bonds is 5. The number of amides is 3. The van der Waals surface area contributed by atoms with E-state index in [2.05, 4.69) is 26.1 Å². The van der Waals surface area contributed by atoms with Gasteiger partial charge in [-0.05, 0) is 23.8 Å². The molecule has 4 rings (SSSR count). The fourth-order valence-corrected chi connectivity index (χ4v) is 3.21. The number of nitrogens with one attached hydrogen (secondary N) is 4. The van der Waals surface area contributed by atoms with E-state index in [1.807, 2.05) is 57.2 Å². The summed E-state index contributed by atoms with van der Waals surface area (Å²) in [5, 5.41) is 13.1. The summed E-state index contributed by atoms with van der Waals surface area (Å²) in [5.41, 5.74) is 2.87. The molecule has 0 aliphatic heterocycles. The van der Waals surface area contributed by atoms with Crippen molar-refractivity contribution in [3.8, 4) is 0 Å². The topological polar surface area (TPSA) is 112 Å². The number of aromatic nitrogens is 2. The number of aromatic amines is 1. The number of para-hydroxylation sites is 1. The van der Waals surface area contributed by atoms with E-state index in [9.17, 15) is 9.59 Å². The van der Waals surface area contributed by atoms with E-state index in [-0.39, 0.29) is 11.3 Å². The van der Waals surface area contributed by atoms with Crippen LogP contribution in [0.2, 0.25) is 0 Å². The summed E-state index contributed by atoms with van der Waals surface area (Å²) in [5.74, 6) is 0.891. The van der Waals surface area contributed by atoms with Crippen LogP contribution >= 0.6 is 0 Å². The second-order valence-corrected chi connectivity index (χ2v) is 8.53. The van der Waals surface area contributed by atoms with Crippen LogP contribution in [0.5, 0.6) is 0 Å². The van der Waals surface area contributed by atoms with Gasteiger partial charge in [0.25, 0.3) is 5.91 Å². The Hall–Kier alpha value is -4.07. The highest BCUT2D eigenvalue weighted by Crippen LogP contribution is 2.24. The third kappa shape index (κ3) is 4.80. The van der Waals surface area contributed by atoms with E-state index in [0.29, 0.717) is 29.4 Å². The number of urea groups is 1. The summed E-state index contributed by atoms with van der Waals surface area (Å²) in [4.78, 5) is 27.8. The van der Waals surface area contributed by atoms with Gasteiger partial charge in [0.15, 0.2) is 5.82 Å². The number of fused-ring (bicyclic) bond motifs is 1. The molecule has 0 spiro atoms. The van der Waals surface area contributed by atoms with Crippen LogP contribution < -0.4 is 16.0 Å². The number of anilines is 2. The van der Waals surface area contributed by atoms with Gasteiger partial charge in [-0.3, -0.25) is 10.1 Å². The Morgan fingerprint density at radius 2 is 1.78 bits per heavy atom. The predicted octanol–water partition coefficient (Wildman–Crippen LogP) is 5.03. The minimum absolute atomic E-state index is 0.147. The second kappa shape index (κ2) is 8.58. The molecule has 2 aromatic carbocycles. The van der Waals surface area contributed by atoms with Crippen LogP contribution in [0.1, 0.15) is 42.5 Å². The van der Waals surface area contributed by atoms with E-state index in [4.69, 9.17) is 4.52 Å². The maximum atomic E-state index is 12.5. The van der Waals surface area contributed by atoms with Crippen LogP contribution in [0.15, 0.2) is 65.3 Å². The highest BCUT2D eigenvalue weighted by molar-refractivity contribution is 6.06. The third-order valence-corrected chi connectivity index (χ3v) is 4.99. The first-order chi connectivity index (χ1) is 15.3. The number of H-pyrrole nitrogens is 1. The Labute approximate surface area is 185 Å². The molecular formula is C24H25N5O3. The number of hydrogen-bond acceptors (Lipinski definition) is 4. The average molecular weight is 431 g/mol. The lowest BCUT2D eigenvalue weighted by Crippen LogP contribution is -2.22. The quantitative estimate of drug-likeness (QED) is 0.355. The second-order valence-electron chi connectivity index (χ2n) is 8.53. The SMILES string of the molecule is CC(C)(C)c1cc(NC(=O)Nc2ccc(CNC(=O)c3c[nH]c4ccccc34)cc2)no1. The molecule has 3 amide bonds. The maximum Gasteiger partial charge on any atom is 0.324 e. The van der Waals surface area contributed by atoms with Crippen LogP contribution in [0.4, 0.5) is 16.3 Å². The molecule has 2 aromatic heterocycles. The predicted molar refractivity (Wildman–Crippen MR) is 124 cm³/mol. The van der Waals surface area contributed by atoms with Gasteiger partial charge in [-0.2, -0.15) is 0 Å². The minimum atomic E-state index is -0.417. The highest BCUT2D eigenvalue weighted by Gasteiger charge is 2.20.